The molecule has 1 fully saturated rings. The molecule has 0 aliphatic carbocycles. The number of benzene rings is 1. The Hall–Kier alpha value is -1.35. The highest BCUT2D eigenvalue weighted by atomic mass is 16.2. The maximum absolute atomic E-state index is 12.2. The zero-order valence-corrected chi connectivity index (χ0v) is 10.5. The van der Waals surface area contributed by atoms with Gasteiger partial charge in [-0.2, -0.15) is 0 Å². The molecule has 0 bridgehead atoms. The van der Waals surface area contributed by atoms with Crippen LogP contribution >= 0.6 is 0 Å². The van der Waals surface area contributed by atoms with Crippen LogP contribution in [0.3, 0.4) is 0 Å². The summed E-state index contributed by atoms with van der Waals surface area (Å²) in [7, 11) is 4.13. The second-order valence-electron chi connectivity index (χ2n) is 4.86. The molecule has 1 unspecified atom stereocenters. The summed E-state index contributed by atoms with van der Waals surface area (Å²) in [5.74, 6) is 0.125. The van der Waals surface area contributed by atoms with E-state index in [9.17, 15) is 4.79 Å². The molecule has 91 valence electrons. The number of carbonyl (C=O) groups is 1. The van der Waals surface area contributed by atoms with E-state index in [0.29, 0.717) is 6.04 Å². The number of likely N-dealkylation sites (tertiary alicyclic amines) is 1. The van der Waals surface area contributed by atoms with E-state index in [1.165, 1.54) is 0 Å². The third kappa shape index (κ3) is 2.67. The van der Waals surface area contributed by atoms with Crippen LogP contribution in [-0.4, -0.2) is 48.9 Å². The molecule has 0 saturated carbocycles. The Morgan fingerprint density at radius 1 is 1.47 bits per heavy atom. The van der Waals surface area contributed by atoms with Crippen molar-refractivity contribution in [3.63, 3.8) is 0 Å². The third-order valence-corrected chi connectivity index (χ3v) is 3.35. The molecule has 1 atom stereocenters. The molecule has 1 amide bonds. The molecular formula is C14H19N2O. The van der Waals surface area contributed by atoms with Gasteiger partial charge in [0.05, 0.1) is 0 Å². The predicted octanol–water partition coefficient (Wildman–Crippen LogP) is 1.64. The second kappa shape index (κ2) is 4.88. The minimum Gasteiger partial charge on any atom is -0.337 e. The molecule has 1 aliphatic heterocycles. The molecule has 2 rings (SSSR count). The molecule has 1 aromatic carbocycles. The lowest BCUT2D eigenvalue weighted by Crippen LogP contribution is -2.34. The Labute approximate surface area is 103 Å². The quantitative estimate of drug-likeness (QED) is 0.772. The van der Waals surface area contributed by atoms with Crippen LogP contribution in [0, 0.1) is 6.92 Å². The van der Waals surface area contributed by atoms with E-state index < -0.39 is 0 Å². The van der Waals surface area contributed by atoms with Crippen LogP contribution in [0.5, 0.6) is 0 Å². The molecule has 1 aromatic rings. The fraction of sp³-hybridized carbons (Fsp3) is 0.429. The van der Waals surface area contributed by atoms with Crippen LogP contribution in [-0.2, 0) is 0 Å². The number of nitrogens with zero attached hydrogens (tertiary/aromatic N) is 2. The van der Waals surface area contributed by atoms with Crippen molar-refractivity contribution in [3.8, 4) is 0 Å². The number of hydrogen-bond acceptors (Lipinski definition) is 2. The van der Waals surface area contributed by atoms with E-state index in [1.807, 2.05) is 29.2 Å². The van der Waals surface area contributed by atoms with Gasteiger partial charge in [-0.25, -0.2) is 0 Å². The summed E-state index contributed by atoms with van der Waals surface area (Å²) in [6.07, 6.45) is 1.06. The fourth-order valence-electron chi connectivity index (χ4n) is 2.23. The molecule has 1 radical (unpaired) electrons. The number of rotatable bonds is 2. The third-order valence-electron chi connectivity index (χ3n) is 3.35. The fourth-order valence-corrected chi connectivity index (χ4v) is 2.23. The Bertz CT molecular complexity index is 414. The van der Waals surface area contributed by atoms with Gasteiger partial charge in [0.25, 0.3) is 5.91 Å². The van der Waals surface area contributed by atoms with Crippen molar-refractivity contribution in [2.24, 2.45) is 0 Å². The van der Waals surface area contributed by atoms with E-state index in [4.69, 9.17) is 0 Å². The van der Waals surface area contributed by atoms with E-state index in [2.05, 4.69) is 25.9 Å². The van der Waals surface area contributed by atoms with Crippen molar-refractivity contribution in [1.29, 1.82) is 0 Å². The van der Waals surface area contributed by atoms with Gasteiger partial charge in [-0.1, -0.05) is 12.1 Å². The van der Waals surface area contributed by atoms with E-state index >= 15 is 0 Å². The highest BCUT2D eigenvalue weighted by Gasteiger charge is 2.27. The average molecular weight is 231 g/mol. The van der Waals surface area contributed by atoms with Crippen LogP contribution in [0.25, 0.3) is 0 Å². The molecule has 0 N–H and O–H groups in total. The molecule has 0 aromatic heterocycles. The van der Waals surface area contributed by atoms with Crippen molar-refractivity contribution >= 4 is 5.91 Å². The molecule has 3 heteroatoms. The van der Waals surface area contributed by atoms with E-state index in [1.54, 1.807) is 0 Å². The van der Waals surface area contributed by atoms with Crippen LogP contribution in [0.15, 0.2) is 24.3 Å². The Kier molecular flexibility index (Phi) is 3.48. The average Bonchev–Trinajstić information content (AvgIpc) is 2.77. The monoisotopic (exact) mass is 231 g/mol. The van der Waals surface area contributed by atoms with E-state index in [0.717, 1.165) is 30.6 Å². The van der Waals surface area contributed by atoms with Gasteiger partial charge in [-0.15, -0.1) is 0 Å². The first-order valence-electron chi connectivity index (χ1n) is 5.95. The highest BCUT2D eigenvalue weighted by molar-refractivity contribution is 5.94. The summed E-state index contributed by atoms with van der Waals surface area (Å²) in [4.78, 5) is 16.4. The van der Waals surface area contributed by atoms with Gasteiger partial charge < -0.3 is 9.80 Å². The number of amides is 1. The van der Waals surface area contributed by atoms with Gasteiger partial charge in [-0.3, -0.25) is 4.79 Å². The smallest absolute Gasteiger partial charge is 0.253 e. The van der Waals surface area contributed by atoms with Crippen LogP contribution < -0.4 is 0 Å². The van der Waals surface area contributed by atoms with Gasteiger partial charge in [-0.05, 0) is 45.1 Å². The summed E-state index contributed by atoms with van der Waals surface area (Å²) in [6, 6.07) is 7.99. The molecule has 17 heavy (non-hydrogen) atoms. The molecule has 1 heterocycles. The van der Waals surface area contributed by atoms with Crippen LogP contribution in [0.1, 0.15) is 22.3 Å². The second-order valence-corrected chi connectivity index (χ2v) is 4.86. The Morgan fingerprint density at radius 2 is 2.24 bits per heavy atom. The Balaban J connectivity index is 2.07. The molecular weight excluding hydrogens is 212 g/mol. The maximum atomic E-state index is 12.2. The minimum absolute atomic E-state index is 0.125. The number of likely N-dealkylation sites (N-methyl/N-ethyl adjacent to an activating group) is 1. The van der Waals surface area contributed by atoms with Crippen molar-refractivity contribution in [2.75, 3.05) is 27.2 Å². The summed E-state index contributed by atoms with van der Waals surface area (Å²) in [5.41, 5.74) is 1.64. The zero-order valence-electron chi connectivity index (χ0n) is 10.5. The highest BCUT2D eigenvalue weighted by Crippen LogP contribution is 2.16. The summed E-state index contributed by atoms with van der Waals surface area (Å²) in [6.45, 7) is 5.53. The topological polar surface area (TPSA) is 23.6 Å². The SMILES string of the molecule is [CH2]c1cccc(C(=O)N2CCC(N(C)C)C2)c1. The van der Waals surface area contributed by atoms with Crippen molar-refractivity contribution in [1.82, 2.24) is 9.80 Å². The molecule has 1 aliphatic rings. The lowest BCUT2D eigenvalue weighted by atomic mass is 10.1. The predicted molar refractivity (Wildman–Crippen MR) is 68.9 cm³/mol. The number of carbonyl (C=O) groups excluding carboxylic acids is 1. The molecule has 3 nitrogen and oxygen atoms in total. The van der Waals surface area contributed by atoms with Gasteiger partial charge >= 0.3 is 0 Å². The summed E-state index contributed by atoms with van der Waals surface area (Å²) >= 11 is 0. The van der Waals surface area contributed by atoms with Gasteiger partial charge in [0.1, 0.15) is 0 Å². The first-order chi connectivity index (χ1) is 8.08. The number of hydrogen-bond donors (Lipinski definition) is 0. The van der Waals surface area contributed by atoms with Crippen molar-refractivity contribution in [2.45, 2.75) is 12.5 Å². The largest absolute Gasteiger partial charge is 0.337 e. The lowest BCUT2D eigenvalue weighted by Gasteiger charge is -2.20. The lowest BCUT2D eigenvalue weighted by molar-refractivity contribution is 0.0783. The normalized spacial score (nSPS) is 20.0. The Morgan fingerprint density at radius 3 is 2.82 bits per heavy atom. The zero-order chi connectivity index (χ0) is 12.4. The minimum atomic E-state index is 0.125. The molecule has 1 saturated heterocycles. The van der Waals surface area contributed by atoms with E-state index in [-0.39, 0.29) is 5.91 Å². The van der Waals surface area contributed by atoms with Gasteiger partial charge in [0, 0.05) is 24.7 Å². The van der Waals surface area contributed by atoms with Gasteiger partial charge in [0.2, 0.25) is 0 Å². The van der Waals surface area contributed by atoms with Crippen LogP contribution in [0.4, 0.5) is 0 Å². The first kappa shape index (κ1) is 12.1. The van der Waals surface area contributed by atoms with Crippen LogP contribution in [0.2, 0.25) is 0 Å². The van der Waals surface area contributed by atoms with Crippen molar-refractivity contribution in [3.05, 3.63) is 42.3 Å². The summed E-state index contributed by atoms with van der Waals surface area (Å²) < 4.78 is 0. The standard InChI is InChI=1S/C14H19N2O/c1-11-5-4-6-12(9-11)14(17)16-8-7-13(10-16)15(2)3/h4-6,9,13H,1,7-8,10H2,2-3H3. The van der Waals surface area contributed by atoms with Gasteiger partial charge in [0.15, 0.2) is 0 Å². The van der Waals surface area contributed by atoms with Crippen molar-refractivity contribution < 1.29 is 4.79 Å². The molecule has 0 spiro atoms. The first-order valence-corrected chi connectivity index (χ1v) is 5.95. The maximum Gasteiger partial charge on any atom is 0.253 e. The summed E-state index contributed by atoms with van der Waals surface area (Å²) in [5, 5.41) is 0.